The lowest BCUT2D eigenvalue weighted by Gasteiger charge is -2.31. The highest BCUT2D eigenvalue weighted by atomic mass is 19.1. The van der Waals surface area contributed by atoms with E-state index in [1.165, 1.54) is 36.4 Å². The molecule has 26 heavy (non-hydrogen) atoms. The zero-order valence-electron chi connectivity index (χ0n) is 14.8. The Labute approximate surface area is 151 Å². The Kier molecular flexibility index (Phi) is 5.78. The molecule has 0 saturated carbocycles. The molecule has 1 fully saturated rings. The molecule has 6 nitrogen and oxygen atoms in total. The highest BCUT2D eigenvalue weighted by Gasteiger charge is 2.24. The first kappa shape index (κ1) is 18.3. The van der Waals surface area contributed by atoms with E-state index in [0.717, 1.165) is 30.6 Å². The third-order valence-electron chi connectivity index (χ3n) is 4.68. The maximum Gasteiger partial charge on any atom is 0.274 e. The maximum absolute atomic E-state index is 13.1. The van der Waals surface area contributed by atoms with Crippen LogP contribution in [0.15, 0.2) is 41.2 Å². The molecule has 2 aromatic rings. The third-order valence-corrected chi connectivity index (χ3v) is 4.68. The number of rotatable bonds is 5. The van der Waals surface area contributed by atoms with E-state index in [4.69, 9.17) is 0 Å². The molecule has 1 aliphatic heterocycles. The second-order valence-electron chi connectivity index (χ2n) is 6.49. The van der Waals surface area contributed by atoms with Crippen molar-refractivity contribution in [2.45, 2.75) is 19.8 Å². The van der Waals surface area contributed by atoms with Crippen molar-refractivity contribution in [3.05, 3.63) is 58.3 Å². The van der Waals surface area contributed by atoms with Crippen LogP contribution < -0.4 is 10.9 Å². The Balaban J connectivity index is 1.73. The minimum atomic E-state index is -0.394. The van der Waals surface area contributed by atoms with Gasteiger partial charge >= 0.3 is 0 Å². The molecular formula is C19H23FN4O2. The fourth-order valence-corrected chi connectivity index (χ4v) is 3.14. The summed E-state index contributed by atoms with van der Waals surface area (Å²) in [4.78, 5) is 26.6. The van der Waals surface area contributed by atoms with Gasteiger partial charge < -0.3 is 10.2 Å². The number of aromatic nitrogens is 2. The first-order valence-corrected chi connectivity index (χ1v) is 8.95. The van der Waals surface area contributed by atoms with Crippen LogP contribution in [0.25, 0.3) is 5.69 Å². The summed E-state index contributed by atoms with van der Waals surface area (Å²) < 4.78 is 14.2. The molecule has 1 aliphatic rings. The Bertz CT molecular complexity index is 811. The lowest BCUT2D eigenvalue weighted by Crippen LogP contribution is -2.41. The van der Waals surface area contributed by atoms with E-state index < -0.39 is 5.82 Å². The summed E-state index contributed by atoms with van der Waals surface area (Å²) in [6.45, 7) is 5.39. The fourth-order valence-electron chi connectivity index (χ4n) is 3.14. The molecule has 138 valence electrons. The Morgan fingerprint density at radius 3 is 2.54 bits per heavy atom. The Morgan fingerprint density at radius 1 is 1.19 bits per heavy atom. The highest BCUT2D eigenvalue weighted by molar-refractivity contribution is 5.92. The number of hydrogen-bond acceptors (Lipinski definition) is 4. The monoisotopic (exact) mass is 358 g/mol. The van der Waals surface area contributed by atoms with Crippen molar-refractivity contribution in [2.75, 3.05) is 26.2 Å². The van der Waals surface area contributed by atoms with Gasteiger partial charge in [0.15, 0.2) is 0 Å². The van der Waals surface area contributed by atoms with E-state index in [0.29, 0.717) is 24.7 Å². The van der Waals surface area contributed by atoms with E-state index in [2.05, 4.69) is 17.3 Å². The number of carbonyl (C=O) groups excluding carboxylic acids is 1. The molecule has 0 bridgehead atoms. The molecule has 0 spiro atoms. The number of carbonyl (C=O) groups is 1. The second-order valence-corrected chi connectivity index (χ2v) is 6.49. The molecule has 0 radical (unpaired) electrons. The molecule has 1 aromatic carbocycles. The molecule has 1 aromatic heterocycles. The predicted octanol–water partition coefficient (Wildman–Crippen LogP) is 1.83. The smallest absolute Gasteiger partial charge is 0.274 e. The summed E-state index contributed by atoms with van der Waals surface area (Å²) in [6.07, 6.45) is 1.91. The van der Waals surface area contributed by atoms with Crippen LogP contribution in [0, 0.1) is 11.7 Å². The summed E-state index contributed by atoms with van der Waals surface area (Å²) in [5, 5.41) is 7.54. The number of benzene rings is 1. The lowest BCUT2D eigenvalue weighted by molar-refractivity contribution is 0.0682. The number of likely N-dealkylation sites (tertiary alicyclic amines) is 1. The molecule has 2 heterocycles. The molecule has 1 N–H and O–H groups in total. The van der Waals surface area contributed by atoms with Gasteiger partial charge in [0.2, 0.25) is 0 Å². The van der Waals surface area contributed by atoms with Gasteiger partial charge in [-0.2, -0.15) is 9.78 Å². The van der Waals surface area contributed by atoms with E-state index >= 15 is 0 Å². The van der Waals surface area contributed by atoms with Crippen molar-refractivity contribution in [1.29, 1.82) is 0 Å². The van der Waals surface area contributed by atoms with Crippen LogP contribution in [0.5, 0.6) is 0 Å². The van der Waals surface area contributed by atoms with Gasteiger partial charge in [0, 0.05) is 19.2 Å². The Hall–Kier alpha value is -2.54. The summed E-state index contributed by atoms with van der Waals surface area (Å²) >= 11 is 0. The summed E-state index contributed by atoms with van der Waals surface area (Å²) in [7, 11) is 0. The molecule has 7 heteroatoms. The van der Waals surface area contributed by atoms with Crippen LogP contribution in [0.1, 0.15) is 30.3 Å². The van der Waals surface area contributed by atoms with Crippen molar-refractivity contribution in [3.8, 4) is 5.69 Å². The number of halogens is 1. The van der Waals surface area contributed by atoms with Gasteiger partial charge in [-0.25, -0.2) is 4.39 Å². The molecule has 1 amide bonds. The second kappa shape index (κ2) is 8.23. The van der Waals surface area contributed by atoms with E-state index in [1.54, 1.807) is 4.90 Å². The van der Waals surface area contributed by atoms with Crippen LogP contribution in [0.2, 0.25) is 0 Å². The van der Waals surface area contributed by atoms with Crippen LogP contribution in [-0.4, -0.2) is 46.8 Å². The van der Waals surface area contributed by atoms with Gasteiger partial charge in [0.25, 0.3) is 11.5 Å². The number of piperidine rings is 1. The molecule has 0 aliphatic carbocycles. The SMILES string of the molecule is CCNCC1CCN(C(=O)c2ccc(=O)n(-c3ccc(F)cc3)n2)CC1. The number of hydrogen-bond donors (Lipinski definition) is 1. The molecule has 3 rings (SSSR count). The van der Waals surface area contributed by atoms with Crippen LogP contribution >= 0.6 is 0 Å². The Morgan fingerprint density at radius 2 is 1.88 bits per heavy atom. The van der Waals surface area contributed by atoms with Gasteiger partial charge in [-0.1, -0.05) is 6.92 Å². The molecule has 1 saturated heterocycles. The largest absolute Gasteiger partial charge is 0.337 e. The quantitative estimate of drug-likeness (QED) is 0.886. The standard InChI is InChI=1S/C19H23FN4O2/c1-2-21-13-14-9-11-23(12-10-14)19(26)17-7-8-18(25)24(22-17)16-5-3-15(20)4-6-16/h3-8,14,21H,2,9-13H2,1H3. The van der Waals surface area contributed by atoms with Gasteiger partial charge in [-0.15, -0.1) is 0 Å². The van der Waals surface area contributed by atoms with Crippen LogP contribution in [0.3, 0.4) is 0 Å². The summed E-state index contributed by atoms with van der Waals surface area (Å²) in [5.41, 5.74) is 0.284. The van der Waals surface area contributed by atoms with Crippen molar-refractivity contribution in [2.24, 2.45) is 5.92 Å². The minimum Gasteiger partial charge on any atom is -0.337 e. The molecule has 0 unspecified atom stereocenters. The topological polar surface area (TPSA) is 67.2 Å². The van der Waals surface area contributed by atoms with Gasteiger partial charge in [-0.05, 0) is 62.2 Å². The van der Waals surface area contributed by atoms with Crippen molar-refractivity contribution in [1.82, 2.24) is 20.0 Å². The van der Waals surface area contributed by atoms with E-state index in [9.17, 15) is 14.0 Å². The number of nitrogens with one attached hydrogen (secondary N) is 1. The summed E-state index contributed by atoms with van der Waals surface area (Å²) in [6, 6.07) is 8.21. The normalized spacial score (nSPS) is 15.2. The van der Waals surface area contributed by atoms with E-state index in [1.807, 2.05) is 0 Å². The van der Waals surface area contributed by atoms with Gasteiger partial charge in [0.1, 0.15) is 11.5 Å². The van der Waals surface area contributed by atoms with Crippen molar-refractivity contribution < 1.29 is 9.18 Å². The average molecular weight is 358 g/mol. The summed E-state index contributed by atoms with van der Waals surface area (Å²) in [5.74, 6) is 0.0114. The average Bonchev–Trinajstić information content (AvgIpc) is 2.67. The zero-order chi connectivity index (χ0) is 18.5. The predicted molar refractivity (Wildman–Crippen MR) is 97.0 cm³/mol. The zero-order valence-corrected chi connectivity index (χ0v) is 14.8. The number of amides is 1. The van der Waals surface area contributed by atoms with Gasteiger partial charge in [0.05, 0.1) is 5.69 Å². The first-order valence-electron chi connectivity index (χ1n) is 8.95. The van der Waals surface area contributed by atoms with Gasteiger partial charge in [-0.3, -0.25) is 9.59 Å². The fraction of sp³-hybridized carbons (Fsp3) is 0.421. The van der Waals surface area contributed by atoms with Crippen molar-refractivity contribution >= 4 is 5.91 Å². The first-order chi connectivity index (χ1) is 12.6. The lowest BCUT2D eigenvalue weighted by atomic mass is 9.96. The van der Waals surface area contributed by atoms with Crippen LogP contribution in [0.4, 0.5) is 4.39 Å². The van der Waals surface area contributed by atoms with Crippen molar-refractivity contribution in [3.63, 3.8) is 0 Å². The number of nitrogens with zero attached hydrogens (tertiary/aromatic N) is 3. The third kappa shape index (κ3) is 4.16. The van der Waals surface area contributed by atoms with E-state index in [-0.39, 0.29) is 17.2 Å². The maximum atomic E-state index is 13.1. The molecule has 0 atom stereocenters. The van der Waals surface area contributed by atoms with Crippen LogP contribution in [-0.2, 0) is 0 Å². The minimum absolute atomic E-state index is 0.178. The molecular weight excluding hydrogens is 335 g/mol. The highest BCUT2D eigenvalue weighted by Crippen LogP contribution is 2.18.